The molecule has 0 atom stereocenters. The van der Waals surface area contributed by atoms with Gasteiger partial charge in [0.15, 0.2) is 0 Å². The molecule has 1 amide bonds. The molecular formula is C24H31Cl2N3O3S. The molecular weight excluding hydrogens is 481 g/mol. The Hall–Kier alpha value is -1.67. The average Bonchev–Trinajstić information content (AvgIpc) is 2.73. The summed E-state index contributed by atoms with van der Waals surface area (Å²) in [6.45, 7) is 8.47. The number of carbonyl (C=O) groups excluding carboxylic acids is 1. The van der Waals surface area contributed by atoms with Gasteiger partial charge in [-0.25, -0.2) is 12.7 Å². The van der Waals surface area contributed by atoms with Crippen LogP contribution in [0.2, 0.25) is 10.0 Å². The minimum atomic E-state index is -3.30. The van der Waals surface area contributed by atoms with Crippen LogP contribution in [0, 0.1) is 6.92 Å². The average molecular weight is 513 g/mol. The molecule has 3 rings (SSSR count). The summed E-state index contributed by atoms with van der Waals surface area (Å²) in [5.74, 6) is -0.174. The fourth-order valence-electron chi connectivity index (χ4n) is 4.69. The van der Waals surface area contributed by atoms with Gasteiger partial charge < -0.3 is 5.32 Å². The molecule has 1 N–H and O–H groups in total. The highest BCUT2D eigenvalue weighted by atomic mass is 35.5. The topological polar surface area (TPSA) is 79.4 Å². The molecule has 0 aliphatic carbocycles. The van der Waals surface area contributed by atoms with Gasteiger partial charge in [0.25, 0.3) is 5.91 Å². The molecule has 2 heterocycles. The van der Waals surface area contributed by atoms with Crippen molar-refractivity contribution in [3.8, 4) is 0 Å². The monoisotopic (exact) mass is 511 g/mol. The molecule has 0 bridgehead atoms. The van der Waals surface area contributed by atoms with Crippen molar-refractivity contribution < 1.29 is 13.2 Å². The minimum Gasteiger partial charge on any atom is -0.346 e. The van der Waals surface area contributed by atoms with Gasteiger partial charge >= 0.3 is 0 Å². The van der Waals surface area contributed by atoms with E-state index in [0.29, 0.717) is 42.9 Å². The van der Waals surface area contributed by atoms with Gasteiger partial charge in [-0.15, -0.1) is 0 Å². The van der Waals surface area contributed by atoms with Crippen molar-refractivity contribution in [2.75, 3.05) is 18.8 Å². The van der Waals surface area contributed by atoms with Crippen LogP contribution >= 0.6 is 23.2 Å². The van der Waals surface area contributed by atoms with Crippen molar-refractivity contribution in [1.29, 1.82) is 0 Å². The van der Waals surface area contributed by atoms with Crippen LogP contribution in [0.1, 0.15) is 61.8 Å². The predicted molar refractivity (Wildman–Crippen MR) is 134 cm³/mol. The van der Waals surface area contributed by atoms with Crippen LogP contribution in [0.25, 0.3) is 0 Å². The number of pyridine rings is 1. The number of halogens is 2. The molecule has 0 unspecified atom stereocenters. The first-order chi connectivity index (χ1) is 15.4. The Morgan fingerprint density at radius 2 is 1.85 bits per heavy atom. The van der Waals surface area contributed by atoms with E-state index in [4.69, 9.17) is 28.2 Å². The largest absolute Gasteiger partial charge is 0.346 e. The summed E-state index contributed by atoms with van der Waals surface area (Å²) in [6, 6.07) is 10.6. The highest BCUT2D eigenvalue weighted by Gasteiger charge is 2.51. The summed E-state index contributed by atoms with van der Waals surface area (Å²) in [5.41, 5.74) is 0.753. The van der Waals surface area contributed by atoms with Gasteiger partial charge in [0, 0.05) is 40.5 Å². The number of benzene rings is 1. The number of hydrogen-bond acceptors (Lipinski definition) is 4. The molecule has 33 heavy (non-hydrogen) atoms. The van der Waals surface area contributed by atoms with Crippen LogP contribution in [0.15, 0.2) is 36.4 Å². The molecule has 1 saturated heterocycles. The lowest BCUT2D eigenvalue weighted by atomic mass is 9.63. The lowest BCUT2D eigenvalue weighted by Gasteiger charge is -2.51. The van der Waals surface area contributed by atoms with Crippen LogP contribution in [0.5, 0.6) is 0 Å². The standard InChI is InChI=1S/C24H31Cl2N3O3S/c1-5-15-33(31,32)29-13-11-24(12-14-29,21-8-6-7-17(2)27-21)23(3,4)28-22(30)19-10-9-18(25)16-20(19)26/h6-10,16H,5,11-15H2,1-4H3,(H,28,30). The lowest BCUT2D eigenvalue weighted by Crippen LogP contribution is -2.63. The summed E-state index contributed by atoms with van der Waals surface area (Å²) in [6.07, 6.45) is 1.65. The quantitative estimate of drug-likeness (QED) is 0.568. The number of nitrogens with one attached hydrogen (secondary N) is 1. The second kappa shape index (κ2) is 9.90. The molecule has 1 aliphatic heterocycles. The Morgan fingerprint density at radius 1 is 1.18 bits per heavy atom. The second-order valence-corrected chi connectivity index (χ2v) is 12.1. The van der Waals surface area contributed by atoms with Crippen LogP contribution in [0.3, 0.4) is 0 Å². The number of aryl methyl sites for hydroxylation is 1. The van der Waals surface area contributed by atoms with Gasteiger partial charge in [-0.05, 0) is 70.4 Å². The first kappa shape index (κ1) is 25.9. The zero-order valence-electron chi connectivity index (χ0n) is 19.5. The maximum absolute atomic E-state index is 13.2. The highest BCUT2D eigenvalue weighted by molar-refractivity contribution is 7.89. The summed E-state index contributed by atoms with van der Waals surface area (Å²) in [5, 5.41) is 3.90. The fourth-order valence-corrected chi connectivity index (χ4v) is 6.70. The number of aromatic nitrogens is 1. The van der Waals surface area contributed by atoms with Gasteiger partial charge in [-0.1, -0.05) is 36.2 Å². The Bertz CT molecular complexity index is 1130. The van der Waals surface area contributed by atoms with E-state index in [1.54, 1.807) is 22.5 Å². The molecule has 0 spiro atoms. The van der Waals surface area contributed by atoms with E-state index in [2.05, 4.69) is 5.32 Å². The van der Waals surface area contributed by atoms with Crippen molar-refractivity contribution in [2.24, 2.45) is 0 Å². The summed E-state index contributed by atoms with van der Waals surface area (Å²) >= 11 is 12.3. The molecule has 9 heteroatoms. The SMILES string of the molecule is CCCS(=O)(=O)N1CCC(c2cccc(C)n2)(C(C)(C)NC(=O)c2ccc(Cl)cc2Cl)CC1. The Kier molecular flexibility index (Phi) is 7.79. The number of carbonyl (C=O) groups is 1. The molecule has 0 saturated carbocycles. The maximum atomic E-state index is 13.2. The summed E-state index contributed by atoms with van der Waals surface area (Å²) in [4.78, 5) is 18.0. The first-order valence-corrected chi connectivity index (χ1v) is 13.5. The van der Waals surface area contributed by atoms with E-state index in [1.165, 1.54) is 0 Å². The number of amides is 1. The van der Waals surface area contributed by atoms with Crippen molar-refractivity contribution in [3.05, 3.63) is 63.4 Å². The number of sulfonamides is 1. The number of piperidine rings is 1. The molecule has 2 aromatic rings. The first-order valence-electron chi connectivity index (χ1n) is 11.1. The van der Waals surface area contributed by atoms with Gasteiger partial charge in [0.2, 0.25) is 10.0 Å². The van der Waals surface area contributed by atoms with Gasteiger partial charge in [-0.2, -0.15) is 0 Å². The maximum Gasteiger partial charge on any atom is 0.253 e. The molecule has 1 aromatic carbocycles. The van der Waals surface area contributed by atoms with E-state index in [9.17, 15) is 13.2 Å². The van der Waals surface area contributed by atoms with E-state index < -0.39 is 21.0 Å². The Morgan fingerprint density at radius 3 is 2.42 bits per heavy atom. The zero-order valence-corrected chi connectivity index (χ0v) is 21.8. The molecule has 1 aliphatic rings. The number of nitrogens with zero attached hydrogens (tertiary/aromatic N) is 2. The Balaban J connectivity index is 1.97. The van der Waals surface area contributed by atoms with Crippen LogP contribution in [0.4, 0.5) is 0 Å². The van der Waals surface area contributed by atoms with Crippen LogP contribution in [-0.2, 0) is 15.4 Å². The molecule has 1 fully saturated rings. The second-order valence-electron chi connectivity index (χ2n) is 9.16. The van der Waals surface area contributed by atoms with E-state index in [1.807, 2.05) is 45.9 Å². The third-order valence-corrected chi connectivity index (χ3v) is 9.23. The van der Waals surface area contributed by atoms with E-state index in [0.717, 1.165) is 11.4 Å². The fraction of sp³-hybridized carbons (Fsp3) is 0.500. The van der Waals surface area contributed by atoms with Gasteiger partial charge in [0.1, 0.15) is 0 Å². The van der Waals surface area contributed by atoms with Crippen molar-refractivity contribution >= 4 is 39.1 Å². The highest BCUT2D eigenvalue weighted by Crippen LogP contribution is 2.44. The van der Waals surface area contributed by atoms with Crippen LogP contribution < -0.4 is 5.32 Å². The molecule has 180 valence electrons. The summed E-state index contributed by atoms with van der Waals surface area (Å²) < 4.78 is 26.9. The smallest absolute Gasteiger partial charge is 0.253 e. The van der Waals surface area contributed by atoms with Crippen molar-refractivity contribution in [2.45, 2.75) is 57.9 Å². The third kappa shape index (κ3) is 5.37. The van der Waals surface area contributed by atoms with Gasteiger partial charge in [0.05, 0.1) is 16.3 Å². The Labute approximate surface area is 206 Å². The lowest BCUT2D eigenvalue weighted by molar-refractivity contribution is 0.0771. The van der Waals surface area contributed by atoms with E-state index >= 15 is 0 Å². The molecule has 0 radical (unpaired) electrons. The summed E-state index contributed by atoms with van der Waals surface area (Å²) in [7, 11) is -3.30. The van der Waals surface area contributed by atoms with Crippen LogP contribution in [-0.4, -0.2) is 48.0 Å². The van der Waals surface area contributed by atoms with Crippen molar-refractivity contribution in [1.82, 2.24) is 14.6 Å². The zero-order chi connectivity index (χ0) is 24.4. The number of rotatable bonds is 7. The number of hydrogen-bond donors (Lipinski definition) is 1. The minimum absolute atomic E-state index is 0.137. The van der Waals surface area contributed by atoms with Gasteiger partial charge in [-0.3, -0.25) is 9.78 Å². The predicted octanol–water partition coefficient (Wildman–Crippen LogP) is 4.98. The normalized spacial score (nSPS) is 17.0. The third-order valence-electron chi connectivity index (χ3n) is 6.61. The molecule has 1 aromatic heterocycles. The molecule has 6 nitrogen and oxygen atoms in total. The van der Waals surface area contributed by atoms with E-state index in [-0.39, 0.29) is 16.7 Å². The van der Waals surface area contributed by atoms with Crippen molar-refractivity contribution in [3.63, 3.8) is 0 Å².